The summed E-state index contributed by atoms with van der Waals surface area (Å²) in [5.41, 5.74) is 12.3. The highest BCUT2D eigenvalue weighted by molar-refractivity contribution is 5.84. The van der Waals surface area contributed by atoms with Crippen molar-refractivity contribution in [3.05, 3.63) is 58.1 Å². The molecule has 2 N–H and O–H groups in total. The van der Waals surface area contributed by atoms with E-state index in [1.165, 1.54) is 11.1 Å². The van der Waals surface area contributed by atoms with Crippen LogP contribution in [0, 0.1) is 25.2 Å². The van der Waals surface area contributed by atoms with Gasteiger partial charge in [-0.3, -0.25) is 4.79 Å². The Morgan fingerprint density at radius 2 is 1.63 bits per heavy atom. The van der Waals surface area contributed by atoms with Crippen molar-refractivity contribution in [3.8, 4) is 5.75 Å². The number of aryl methyl sites for hydroxylation is 3. The van der Waals surface area contributed by atoms with Crippen molar-refractivity contribution in [2.24, 2.45) is 17.1 Å². The van der Waals surface area contributed by atoms with E-state index in [4.69, 9.17) is 10.5 Å². The average Bonchev–Trinajstić information content (AvgIpc) is 3.02. The van der Waals surface area contributed by atoms with E-state index in [0.29, 0.717) is 12.8 Å². The zero-order valence-electron chi connectivity index (χ0n) is 23.3. The van der Waals surface area contributed by atoms with Gasteiger partial charge >= 0.3 is 6.18 Å². The molecule has 4 rings (SSSR count). The molecule has 1 amide bonds. The highest BCUT2D eigenvalue weighted by Crippen LogP contribution is 2.41. The number of nitrogens with two attached hydrogens (primary N) is 1. The van der Waals surface area contributed by atoms with E-state index in [9.17, 15) is 18.0 Å². The number of ether oxygens (including phenoxy) is 1. The van der Waals surface area contributed by atoms with Gasteiger partial charge in [0.1, 0.15) is 5.75 Å². The summed E-state index contributed by atoms with van der Waals surface area (Å²) in [5.74, 6) is -1.10. The molecule has 0 radical (unpaired) electrons. The minimum atomic E-state index is -4.10. The number of benzene rings is 2. The molecule has 7 heteroatoms. The molecule has 1 heterocycles. The Balaban J connectivity index is 1.49. The second-order valence-corrected chi connectivity index (χ2v) is 12.3. The molecule has 208 valence electrons. The van der Waals surface area contributed by atoms with Crippen molar-refractivity contribution < 1.29 is 22.7 Å². The van der Waals surface area contributed by atoms with Gasteiger partial charge in [0.15, 0.2) is 0 Å². The summed E-state index contributed by atoms with van der Waals surface area (Å²) in [4.78, 5) is 14.8. The number of rotatable bonds is 5. The summed E-state index contributed by atoms with van der Waals surface area (Å²) in [7, 11) is 0. The van der Waals surface area contributed by atoms with Crippen LogP contribution in [0.1, 0.15) is 86.6 Å². The number of fused-ring (bicyclic) bond motifs is 1. The Bertz CT molecular complexity index is 1140. The lowest BCUT2D eigenvalue weighted by Crippen LogP contribution is -2.33. The molecule has 1 atom stereocenters. The number of alkyl halides is 3. The molecular formula is C31H41F3N2O2. The van der Waals surface area contributed by atoms with Crippen LogP contribution in [0.25, 0.3) is 0 Å². The van der Waals surface area contributed by atoms with E-state index in [1.807, 2.05) is 26.8 Å². The highest BCUT2D eigenvalue weighted by atomic mass is 19.4. The summed E-state index contributed by atoms with van der Waals surface area (Å²) in [5, 5.41) is 0. The van der Waals surface area contributed by atoms with Crippen LogP contribution in [0.4, 0.5) is 18.9 Å². The van der Waals surface area contributed by atoms with Gasteiger partial charge in [-0.05, 0) is 110 Å². The lowest BCUT2D eigenvalue weighted by molar-refractivity contribution is -0.185. The molecule has 0 saturated heterocycles. The van der Waals surface area contributed by atoms with Crippen LogP contribution < -0.4 is 15.4 Å². The zero-order chi connectivity index (χ0) is 27.8. The van der Waals surface area contributed by atoms with Crippen LogP contribution in [-0.2, 0) is 17.8 Å². The Kier molecular flexibility index (Phi) is 8.06. The molecule has 1 aliphatic carbocycles. The normalized spacial score (nSPS) is 21.4. The summed E-state index contributed by atoms with van der Waals surface area (Å²) in [6, 6.07) is 10.5. The molecule has 0 bridgehead atoms. The zero-order valence-corrected chi connectivity index (χ0v) is 23.3. The van der Waals surface area contributed by atoms with Crippen LogP contribution in [0.5, 0.6) is 5.75 Å². The summed E-state index contributed by atoms with van der Waals surface area (Å²) < 4.78 is 45.1. The fourth-order valence-electron chi connectivity index (χ4n) is 6.32. The van der Waals surface area contributed by atoms with Crippen molar-refractivity contribution in [1.29, 1.82) is 0 Å². The quantitative estimate of drug-likeness (QED) is 0.439. The third-order valence-electron chi connectivity index (χ3n) is 8.24. The smallest absolute Gasteiger partial charge is 0.391 e. The van der Waals surface area contributed by atoms with Gasteiger partial charge in [-0.1, -0.05) is 26.8 Å². The van der Waals surface area contributed by atoms with E-state index >= 15 is 0 Å². The molecule has 4 nitrogen and oxygen atoms in total. The van der Waals surface area contributed by atoms with Crippen molar-refractivity contribution in [2.45, 2.75) is 97.9 Å². The van der Waals surface area contributed by atoms with Gasteiger partial charge in [0.05, 0.1) is 17.9 Å². The second kappa shape index (κ2) is 10.8. The predicted octanol–water partition coefficient (Wildman–Crippen LogP) is 7.37. The minimum Gasteiger partial charge on any atom is -0.490 e. The standard InChI is InChI=1S/C31H41F3N2O2/c1-19-15-24(16-20(2)27(19)28(29(35)37)30(3,4)5)36-14-6-7-21-17-26(11-8-22(21)18-36)38-25-12-9-23(10-13-25)31(32,33)34/h8,11,15-17,23,25,28H,6-7,9-10,12-14,18H2,1-5H3,(H2,35,37). The Morgan fingerprint density at radius 1 is 1.00 bits per heavy atom. The first-order chi connectivity index (χ1) is 17.7. The number of hydrogen-bond donors (Lipinski definition) is 1. The molecule has 2 aliphatic rings. The lowest BCUT2D eigenvalue weighted by atomic mass is 9.73. The monoisotopic (exact) mass is 530 g/mol. The molecule has 2 aromatic rings. The van der Waals surface area contributed by atoms with Gasteiger partial charge in [0.25, 0.3) is 0 Å². The van der Waals surface area contributed by atoms with Crippen LogP contribution in [0.2, 0.25) is 0 Å². The molecule has 0 spiro atoms. The van der Waals surface area contributed by atoms with Crippen molar-refractivity contribution in [1.82, 2.24) is 0 Å². The predicted molar refractivity (Wildman–Crippen MR) is 146 cm³/mol. The number of halogens is 3. The molecule has 1 unspecified atom stereocenters. The molecule has 1 fully saturated rings. The number of nitrogens with zero attached hydrogens (tertiary/aromatic N) is 1. The first-order valence-corrected chi connectivity index (χ1v) is 13.7. The van der Waals surface area contributed by atoms with E-state index in [-0.39, 0.29) is 36.2 Å². The average molecular weight is 531 g/mol. The fourth-order valence-corrected chi connectivity index (χ4v) is 6.32. The molecule has 0 aromatic heterocycles. The number of hydrogen-bond acceptors (Lipinski definition) is 3. The first-order valence-electron chi connectivity index (χ1n) is 13.7. The maximum atomic E-state index is 13.0. The third-order valence-corrected chi connectivity index (χ3v) is 8.24. The van der Waals surface area contributed by atoms with Crippen molar-refractivity contribution >= 4 is 11.6 Å². The van der Waals surface area contributed by atoms with Crippen LogP contribution in [-0.4, -0.2) is 24.7 Å². The number of anilines is 1. The fraction of sp³-hybridized carbons (Fsp3) is 0.581. The maximum Gasteiger partial charge on any atom is 0.391 e. The summed E-state index contributed by atoms with van der Waals surface area (Å²) >= 11 is 0. The van der Waals surface area contributed by atoms with Crippen LogP contribution in [0.3, 0.4) is 0 Å². The Hall–Kier alpha value is -2.70. The SMILES string of the molecule is Cc1cc(N2CCCc3cc(OC4CCC(C(F)(F)F)CC4)ccc3C2)cc(C)c1C(C(N)=O)C(C)(C)C. The van der Waals surface area contributed by atoms with Gasteiger partial charge in [-0.2, -0.15) is 13.2 Å². The van der Waals surface area contributed by atoms with E-state index in [2.05, 4.69) is 43.0 Å². The number of carbonyl (C=O) groups excluding carboxylic acids is 1. The van der Waals surface area contributed by atoms with Crippen LogP contribution in [0.15, 0.2) is 30.3 Å². The topological polar surface area (TPSA) is 55.6 Å². The van der Waals surface area contributed by atoms with Gasteiger partial charge in [-0.25, -0.2) is 0 Å². The van der Waals surface area contributed by atoms with Gasteiger partial charge in [0.2, 0.25) is 5.91 Å². The largest absolute Gasteiger partial charge is 0.490 e. The lowest BCUT2D eigenvalue weighted by Gasteiger charge is -2.32. The molecule has 2 aromatic carbocycles. The Morgan fingerprint density at radius 3 is 2.18 bits per heavy atom. The van der Waals surface area contributed by atoms with Gasteiger partial charge in [0, 0.05) is 18.8 Å². The van der Waals surface area contributed by atoms with Crippen LogP contribution >= 0.6 is 0 Å². The maximum absolute atomic E-state index is 13.0. The minimum absolute atomic E-state index is 0.141. The molecular weight excluding hydrogens is 489 g/mol. The first kappa shape index (κ1) is 28.3. The van der Waals surface area contributed by atoms with E-state index in [1.54, 1.807) is 0 Å². The second-order valence-electron chi connectivity index (χ2n) is 12.3. The van der Waals surface area contributed by atoms with Crippen molar-refractivity contribution in [3.63, 3.8) is 0 Å². The van der Waals surface area contributed by atoms with Crippen molar-refractivity contribution in [2.75, 3.05) is 11.4 Å². The summed E-state index contributed by atoms with van der Waals surface area (Å²) in [6.07, 6.45) is -1.19. The third kappa shape index (κ3) is 6.29. The molecule has 1 saturated carbocycles. The molecule has 1 aliphatic heterocycles. The summed E-state index contributed by atoms with van der Waals surface area (Å²) in [6.45, 7) is 11.9. The number of carbonyl (C=O) groups is 1. The molecule has 38 heavy (non-hydrogen) atoms. The van der Waals surface area contributed by atoms with Gasteiger partial charge in [-0.15, -0.1) is 0 Å². The van der Waals surface area contributed by atoms with E-state index in [0.717, 1.165) is 54.1 Å². The van der Waals surface area contributed by atoms with E-state index < -0.39 is 12.1 Å². The number of primary amides is 1. The Labute approximate surface area is 224 Å². The van der Waals surface area contributed by atoms with Gasteiger partial charge < -0.3 is 15.4 Å². The number of amides is 1. The highest BCUT2D eigenvalue weighted by Gasteiger charge is 2.41.